The Kier molecular flexibility index (Phi) is 12.8. The first-order valence-electron chi connectivity index (χ1n) is 18.0. The third-order valence-electron chi connectivity index (χ3n) is 9.42. The molecule has 2 aliphatic heterocycles. The number of carbonyl (C=O) groups is 4. The van der Waals surface area contributed by atoms with Crippen LogP contribution in [-0.2, 0) is 43.2 Å². The number of aromatic hydroxyl groups is 2. The first-order valence-corrected chi connectivity index (χ1v) is 18.0. The zero-order valence-corrected chi connectivity index (χ0v) is 30.3. The molecule has 4 amide bonds. The first-order chi connectivity index (χ1) is 24.9. The summed E-state index contributed by atoms with van der Waals surface area (Å²) in [6, 6.07) is 19.9. The lowest BCUT2D eigenvalue weighted by Gasteiger charge is -2.53. The number of hydrogen-bond acceptors (Lipinski definition) is 8. The van der Waals surface area contributed by atoms with Crippen LogP contribution in [0.15, 0.2) is 78.9 Å². The topological polar surface area (TPSA) is 149 Å². The van der Waals surface area contributed by atoms with E-state index in [1.54, 1.807) is 24.3 Å². The molecule has 0 aliphatic carbocycles. The lowest BCUT2D eigenvalue weighted by molar-refractivity contribution is -0.267. The minimum absolute atomic E-state index is 0.0472. The molecule has 3 aromatic carbocycles. The fraction of sp³-hybridized carbons (Fsp3) is 0.450. The molecule has 12 nitrogen and oxygen atoms in total. The standard InChI is InChI=1S/C40H50N4O8/c1-26(2)18-20-41-37(47)33(22-29-10-14-31(45)15-11-29)42-25-36-43(34(38(42)48)23-30-12-16-32(46)17-13-30)39(49)35(24-28-8-6-5-7-9-28)52-44(36)40(50)51-21-19-27(3)4/h5-17,26-27,33-36,45-46H,18-25H2,1-4H3,(H,41,47)/t33-,34-,35+,36?/m0/s1. The van der Waals surface area contributed by atoms with Gasteiger partial charge in [-0.2, -0.15) is 5.06 Å². The molecule has 52 heavy (non-hydrogen) atoms. The zero-order chi connectivity index (χ0) is 37.4. The number of fused-ring (bicyclic) bond motifs is 1. The second-order valence-electron chi connectivity index (χ2n) is 14.4. The Labute approximate surface area is 305 Å². The number of hydrogen-bond donors (Lipinski definition) is 3. The van der Waals surface area contributed by atoms with Crippen molar-refractivity contribution in [3.8, 4) is 11.5 Å². The number of hydroxylamine groups is 2. The maximum Gasteiger partial charge on any atom is 0.436 e. The highest BCUT2D eigenvalue weighted by molar-refractivity contribution is 5.95. The highest BCUT2D eigenvalue weighted by Crippen LogP contribution is 2.33. The summed E-state index contributed by atoms with van der Waals surface area (Å²) in [5.41, 5.74) is 2.17. The summed E-state index contributed by atoms with van der Waals surface area (Å²) in [5.74, 6) is -0.593. The number of phenols is 2. The van der Waals surface area contributed by atoms with Gasteiger partial charge in [-0.05, 0) is 65.6 Å². The van der Waals surface area contributed by atoms with E-state index >= 15 is 0 Å². The maximum absolute atomic E-state index is 14.8. The van der Waals surface area contributed by atoms with Crippen LogP contribution in [0.4, 0.5) is 4.79 Å². The van der Waals surface area contributed by atoms with Crippen LogP contribution >= 0.6 is 0 Å². The molecule has 12 heteroatoms. The smallest absolute Gasteiger partial charge is 0.436 e. The molecule has 4 atom stereocenters. The predicted octanol–water partition coefficient (Wildman–Crippen LogP) is 4.82. The van der Waals surface area contributed by atoms with Crippen LogP contribution in [-0.4, -0.2) is 92.9 Å². The first kappa shape index (κ1) is 38.1. The van der Waals surface area contributed by atoms with Crippen LogP contribution in [0.3, 0.4) is 0 Å². The Hall–Kier alpha value is -5.10. The molecule has 3 N–H and O–H groups in total. The van der Waals surface area contributed by atoms with Gasteiger partial charge in [0.15, 0.2) is 12.3 Å². The van der Waals surface area contributed by atoms with E-state index in [0.29, 0.717) is 30.0 Å². The van der Waals surface area contributed by atoms with Crippen molar-refractivity contribution in [3.63, 3.8) is 0 Å². The molecule has 1 unspecified atom stereocenters. The van der Waals surface area contributed by atoms with Crippen molar-refractivity contribution in [2.45, 2.75) is 84.2 Å². The molecule has 0 radical (unpaired) electrons. The molecule has 0 saturated carbocycles. The van der Waals surface area contributed by atoms with Crippen LogP contribution in [0, 0.1) is 11.8 Å². The van der Waals surface area contributed by atoms with E-state index in [1.165, 1.54) is 34.1 Å². The summed E-state index contributed by atoms with van der Waals surface area (Å²) >= 11 is 0. The molecule has 2 heterocycles. The molecule has 0 aromatic heterocycles. The van der Waals surface area contributed by atoms with Crippen LogP contribution in [0.1, 0.15) is 57.2 Å². The average Bonchev–Trinajstić information content (AvgIpc) is 3.11. The van der Waals surface area contributed by atoms with Gasteiger partial charge >= 0.3 is 6.09 Å². The molecule has 0 bridgehead atoms. The summed E-state index contributed by atoms with van der Waals surface area (Å²) in [5, 5.41) is 24.0. The average molecular weight is 715 g/mol. The quantitative estimate of drug-likeness (QED) is 0.215. The summed E-state index contributed by atoms with van der Waals surface area (Å²) in [7, 11) is 0. The Morgan fingerprint density at radius 1 is 0.808 bits per heavy atom. The number of nitrogens with one attached hydrogen (secondary N) is 1. The Morgan fingerprint density at radius 3 is 2.02 bits per heavy atom. The minimum atomic E-state index is -1.13. The van der Waals surface area contributed by atoms with Crippen molar-refractivity contribution in [3.05, 3.63) is 95.6 Å². The predicted molar refractivity (Wildman–Crippen MR) is 194 cm³/mol. The monoisotopic (exact) mass is 714 g/mol. The van der Waals surface area contributed by atoms with Gasteiger partial charge in [0.05, 0.1) is 13.2 Å². The largest absolute Gasteiger partial charge is 0.508 e. The van der Waals surface area contributed by atoms with Crippen molar-refractivity contribution in [2.75, 3.05) is 19.7 Å². The number of amides is 4. The molecule has 278 valence electrons. The van der Waals surface area contributed by atoms with Crippen LogP contribution in [0.2, 0.25) is 0 Å². The molecular weight excluding hydrogens is 664 g/mol. The van der Waals surface area contributed by atoms with Gasteiger partial charge < -0.3 is 30.1 Å². The SMILES string of the molecule is CC(C)CCNC(=O)[C@H](Cc1ccc(O)cc1)N1CC2N(C(=O)OCCC(C)C)O[C@H](Cc3ccccc3)C(=O)N2[C@@H](Cc2ccc(O)cc2)C1=O. The second kappa shape index (κ2) is 17.4. The molecule has 2 aliphatic rings. The maximum atomic E-state index is 14.8. The summed E-state index contributed by atoms with van der Waals surface area (Å²) in [6.07, 6.45) is -1.40. The molecule has 2 fully saturated rings. The van der Waals surface area contributed by atoms with Crippen LogP contribution in [0.5, 0.6) is 11.5 Å². The summed E-state index contributed by atoms with van der Waals surface area (Å²) in [6.45, 7) is 8.44. The second-order valence-corrected chi connectivity index (χ2v) is 14.4. The third-order valence-corrected chi connectivity index (χ3v) is 9.42. The van der Waals surface area contributed by atoms with Gasteiger partial charge in [0.25, 0.3) is 5.91 Å². The summed E-state index contributed by atoms with van der Waals surface area (Å²) < 4.78 is 5.68. The molecule has 0 spiro atoms. The van der Waals surface area contributed by atoms with Gasteiger partial charge in [0.1, 0.15) is 23.6 Å². The van der Waals surface area contributed by atoms with E-state index in [-0.39, 0.29) is 55.7 Å². The number of phenolic OH excluding ortho intramolecular Hbond substituents is 2. The molecule has 5 rings (SSSR count). The van der Waals surface area contributed by atoms with E-state index < -0.39 is 42.3 Å². The van der Waals surface area contributed by atoms with E-state index in [9.17, 15) is 29.4 Å². The lowest BCUT2D eigenvalue weighted by Crippen LogP contribution is -2.75. The van der Waals surface area contributed by atoms with Gasteiger partial charge in [-0.25, -0.2) is 4.79 Å². The van der Waals surface area contributed by atoms with E-state index in [4.69, 9.17) is 9.57 Å². The highest BCUT2D eigenvalue weighted by Gasteiger charge is 2.55. The van der Waals surface area contributed by atoms with Crippen molar-refractivity contribution in [1.82, 2.24) is 20.2 Å². The fourth-order valence-electron chi connectivity index (χ4n) is 6.46. The van der Waals surface area contributed by atoms with E-state index in [1.807, 2.05) is 44.2 Å². The number of piperazine rings is 1. The van der Waals surface area contributed by atoms with Gasteiger partial charge in [0.2, 0.25) is 11.8 Å². The number of nitrogens with zero attached hydrogens (tertiary/aromatic N) is 3. The Morgan fingerprint density at radius 2 is 1.40 bits per heavy atom. The van der Waals surface area contributed by atoms with Gasteiger partial charge in [-0.3, -0.25) is 19.2 Å². The highest BCUT2D eigenvalue weighted by atomic mass is 16.7. The van der Waals surface area contributed by atoms with Gasteiger partial charge in [0, 0.05) is 25.8 Å². The van der Waals surface area contributed by atoms with Crippen molar-refractivity contribution in [2.24, 2.45) is 11.8 Å². The number of ether oxygens (including phenoxy) is 1. The molecular formula is C40H50N4O8. The normalized spacial score (nSPS) is 19.5. The van der Waals surface area contributed by atoms with Crippen molar-refractivity contribution >= 4 is 23.8 Å². The van der Waals surface area contributed by atoms with Crippen LogP contribution in [0.25, 0.3) is 0 Å². The lowest BCUT2D eigenvalue weighted by atomic mass is 9.94. The number of rotatable bonds is 14. The van der Waals surface area contributed by atoms with E-state index in [0.717, 1.165) is 17.0 Å². The zero-order valence-electron chi connectivity index (χ0n) is 30.3. The van der Waals surface area contributed by atoms with Crippen molar-refractivity contribution < 1.29 is 39.0 Å². The number of benzene rings is 3. The van der Waals surface area contributed by atoms with E-state index in [2.05, 4.69) is 19.2 Å². The van der Waals surface area contributed by atoms with Gasteiger partial charge in [-0.1, -0.05) is 82.3 Å². The van der Waals surface area contributed by atoms with Crippen LogP contribution < -0.4 is 5.32 Å². The number of carbonyl (C=O) groups excluding carboxylic acids is 4. The molecule has 2 saturated heterocycles. The Balaban J connectivity index is 1.56. The van der Waals surface area contributed by atoms with Gasteiger partial charge in [-0.15, -0.1) is 0 Å². The van der Waals surface area contributed by atoms with Crippen molar-refractivity contribution in [1.29, 1.82) is 0 Å². The summed E-state index contributed by atoms with van der Waals surface area (Å²) in [4.78, 5) is 66.3. The minimum Gasteiger partial charge on any atom is -0.508 e. The fourth-order valence-corrected chi connectivity index (χ4v) is 6.46. The Bertz CT molecular complexity index is 1670. The molecule has 3 aromatic rings. The third kappa shape index (κ3) is 9.61.